The Morgan fingerprint density at radius 1 is 1.08 bits per heavy atom. The van der Waals surface area contributed by atoms with Crippen LogP contribution >= 0.6 is 0 Å². The van der Waals surface area contributed by atoms with Crippen molar-refractivity contribution in [2.75, 3.05) is 13.1 Å². The number of nitrogens with zero attached hydrogens (tertiary/aromatic N) is 5. The Morgan fingerprint density at radius 2 is 1.85 bits per heavy atom. The van der Waals surface area contributed by atoms with E-state index in [1.165, 1.54) is 24.3 Å². The summed E-state index contributed by atoms with van der Waals surface area (Å²) < 4.78 is 13.1. The summed E-state index contributed by atoms with van der Waals surface area (Å²) in [6, 6.07) is 15.3. The number of aromatic nitrogens is 4. The van der Waals surface area contributed by atoms with Gasteiger partial charge < -0.3 is 4.90 Å². The number of tetrazole rings is 1. The highest BCUT2D eigenvalue weighted by molar-refractivity contribution is 5.94. The molecule has 0 saturated carbocycles. The van der Waals surface area contributed by atoms with Crippen LogP contribution in [0.3, 0.4) is 0 Å². The largest absolute Gasteiger partial charge is 0.336 e. The monoisotopic (exact) mass is 351 g/mol. The molecule has 0 radical (unpaired) electrons. The number of amides is 1. The topological polar surface area (TPSA) is 63.9 Å². The molecule has 26 heavy (non-hydrogen) atoms. The van der Waals surface area contributed by atoms with Crippen molar-refractivity contribution in [1.82, 2.24) is 25.1 Å². The van der Waals surface area contributed by atoms with Crippen LogP contribution in [0, 0.1) is 5.82 Å². The number of benzene rings is 2. The molecule has 1 amide bonds. The summed E-state index contributed by atoms with van der Waals surface area (Å²) in [5, 5.41) is 12.8. The van der Waals surface area contributed by atoms with Crippen molar-refractivity contribution in [2.45, 2.75) is 18.9 Å². The Kier molecular flexibility index (Phi) is 4.43. The van der Waals surface area contributed by atoms with Crippen LogP contribution in [0.4, 0.5) is 4.39 Å². The van der Waals surface area contributed by atoms with Gasteiger partial charge in [0.05, 0.1) is 6.04 Å². The van der Waals surface area contributed by atoms with Crippen molar-refractivity contribution >= 4 is 5.91 Å². The second-order valence-electron chi connectivity index (χ2n) is 6.35. The van der Waals surface area contributed by atoms with E-state index in [1.807, 2.05) is 30.3 Å². The number of rotatable bonds is 3. The summed E-state index contributed by atoms with van der Waals surface area (Å²) in [7, 11) is 0. The van der Waals surface area contributed by atoms with Gasteiger partial charge in [0.2, 0.25) is 5.82 Å². The average molecular weight is 351 g/mol. The van der Waals surface area contributed by atoms with Gasteiger partial charge in [-0.3, -0.25) is 4.79 Å². The second kappa shape index (κ2) is 7.03. The maximum Gasteiger partial charge on any atom is 0.253 e. The molecule has 0 unspecified atom stereocenters. The van der Waals surface area contributed by atoms with Crippen LogP contribution in [0.25, 0.3) is 11.4 Å². The number of carbonyl (C=O) groups excluding carboxylic acids is 1. The molecule has 0 aliphatic carbocycles. The molecule has 132 valence electrons. The van der Waals surface area contributed by atoms with E-state index in [1.54, 1.807) is 9.70 Å². The fourth-order valence-electron chi connectivity index (χ4n) is 3.19. The van der Waals surface area contributed by atoms with Gasteiger partial charge in [0.25, 0.3) is 5.91 Å². The van der Waals surface area contributed by atoms with Crippen LogP contribution in [0.15, 0.2) is 54.6 Å². The van der Waals surface area contributed by atoms with Gasteiger partial charge in [-0.25, -0.2) is 4.39 Å². The molecule has 1 aliphatic heterocycles. The molecule has 6 nitrogen and oxygen atoms in total. The summed E-state index contributed by atoms with van der Waals surface area (Å²) in [5.74, 6) is 0.129. The first-order valence-electron chi connectivity index (χ1n) is 8.60. The predicted molar refractivity (Wildman–Crippen MR) is 93.8 cm³/mol. The molecule has 1 atom stereocenters. The summed E-state index contributed by atoms with van der Waals surface area (Å²) >= 11 is 0. The fraction of sp³-hybridized carbons (Fsp3) is 0.263. The lowest BCUT2D eigenvalue weighted by molar-refractivity contribution is 0.0663. The maximum atomic E-state index is 13.1. The van der Waals surface area contributed by atoms with Crippen molar-refractivity contribution in [2.24, 2.45) is 0 Å². The van der Waals surface area contributed by atoms with Crippen molar-refractivity contribution in [3.8, 4) is 11.4 Å². The van der Waals surface area contributed by atoms with Gasteiger partial charge in [-0.2, -0.15) is 4.80 Å². The number of hydrogen-bond donors (Lipinski definition) is 0. The molecule has 2 aromatic carbocycles. The van der Waals surface area contributed by atoms with Crippen LogP contribution in [-0.2, 0) is 0 Å². The third-order valence-corrected chi connectivity index (χ3v) is 4.56. The van der Waals surface area contributed by atoms with Crippen molar-refractivity contribution < 1.29 is 9.18 Å². The number of carbonyl (C=O) groups is 1. The molecule has 1 fully saturated rings. The molecule has 1 aromatic heterocycles. The zero-order chi connectivity index (χ0) is 17.9. The lowest BCUT2D eigenvalue weighted by Crippen LogP contribution is -2.41. The van der Waals surface area contributed by atoms with Gasteiger partial charge in [0.15, 0.2) is 0 Å². The molecule has 4 rings (SSSR count). The third-order valence-electron chi connectivity index (χ3n) is 4.56. The molecule has 1 aliphatic rings. The van der Waals surface area contributed by atoms with Gasteiger partial charge >= 0.3 is 0 Å². The second-order valence-corrected chi connectivity index (χ2v) is 6.35. The third kappa shape index (κ3) is 3.33. The normalized spacial score (nSPS) is 17.3. The molecular formula is C19H18FN5O. The lowest BCUT2D eigenvalue weighted by Gasteiger charge is -2.31. The molecule has 0 bridgehead atoms. The van der Waals surface area contributed by atoms with Crippen molar-refractivity contribution in [1.29, 1.82) is 0 Å². The quantitative estimate of drug-likeness (QED) is 0.728. The molecular weight excluding hydrogens is 333 g/mol. The highest BCUT2D eigenvalue weighted by Gasteiger charge is 2.27. The molecule has 3 aromatic rings. The average Bonchev–Trinajstić information content (AvgIpc) is 3.19. The Labute approximate surface area is 150 Å². The van der Waals surface area contributed by atoms with Gasteiger partial charge in [-0.1, -0.05) is 30.3 Å². The number of hydrogen-bond acceptors (Lipinski definition) is 4. The first-order chi connectivity index (χ1) is 12.7. The van der Waals surface area contributed by atoms with Crippen LogP contribution < -0.4 is 0 Å². The van der Waals surface area contributed by atoms with E-state index < -0.39 is 0 Å². The minimum atomic E-state index is -0.349. The molecule has 1 saturated heterocycles. The Morgan fingerprint density at radius 3 is 2.62 bits per heavy atom. The highest BCUT2D eigenvalue weighted by Crippen LogP contribution is 2.23. The first kappa shape index (κ1) is 16.4. The van der Waals surface area contributed by atoms with Crippen LogP contribution in [0.1, 0.15) is 29.2 Å². The van der Waals surface area contributed by atoms with Crippen LogP contribution in [-0.4, -0.2) is 44.1 Å². The zero-order valence-corrected chi connectivity index (χ0v) is 14.1. The number of piperidine rings is 1. The highest BCUT2D eigenvalue weighted by atomic mass is 19.1. The molecule has 2 heterocycles. The zero-order valence-electron chi connectivity index (χ0n) is 14.1. The maximum absolute atomic E-state index is 13.1. The summed E-state index contributed by atoms with van der Waals surface area (Å²) in [6.45, 7) is 1.19. The van der Waals surface area contributed by atoms with E-state index in [-0.39, 0.29) is 17.8 Å². The molecule has 7 heteroatoms. The van der Waals surface area contributed by atoms with E-state index in [4.69, 9.17) is 0 Å². The Bertz CT molecular complexity index is 894. The summed E-state index contributed by atoms with van der Waals surface area (Å²) in [5.41, 5.74) is 1.40. The SMILES string of the molecule is O=C(c1ccc(F)cc1)N1CCC[C@@H](n2nnc(-c3ccccc3)n2)C1. The standard InChI is InChI=1S/C19H18FN5O/c20-16-10-8-15(9-11-16)19(26)24-12-4-7-17(13-24)25-22-18(21-23-25)14-5-2-1-3-6-14/h1-3,5-6,8-11,17H,4,7,12-13H2/t17-/m1/s1. The Balaban J connectivity index is 1.49. The van der Waals surface area contributed by atoms with Gasteiger partial charge in [-0.05, 0) is 42.3 Å². The minimum absolute atomic E-state index is 0.0156. The van der Waals surface area contributed by atoms with Gasteiger partial charge in [-0.15, -0.1) is 10.2 Å². The lowest BCUT2D eigenvalue weighted by atomic mass is 10.0. The van der Waals surface area contributed by atoms with Gasteiger partial charge in [0, 0.05) is 24.2 Å². The van der Waals surface area contributed by atoms with Gasteiger partial charge in [0.1, 0.15) is 5.82 Å². The van der Waals surface area contributed by atoms with Crippen molar-refractivity contribution in [3.63, 3.8) is 0 Å². The molecule has 0 N–H and O–H groups in total. The number of likely N-dealkylation sites (tertiary alicyclic amines) is 1. The smallest absolute Gasteiger partial charge is 0.253 e. The first-order valence-corrected chi connectivity index (χ1v) is 8.60. The summed E-state index contributed by atoms with van der Waals surface area (Å²) in [4.78, 5) is 16.0. The summed E-state index contributed by atoms with van der Waals surface area (Å²) in [6.07, 6.45) is 1.75. The number of halogens is 1. The predicted octanol–water partition coefficient (Wildman–Crippen LogP) is 2.96. The van der Waals surface area contributed by atoms with Crippen LogP contribution in [0.2, 0.25) is 0 Å². The van der Waals surface area contributed by atoms with E-state index >= 15 is 0 Å². The van der Waals surface area contributed by atoms with Crippen LogP contribution in [0.5, 0.6) is 0 Å². The minimum Gasteiger partial charge on any atom is -0.336 e. The molecule has 0 spiro atoms. The fourth-order valence-corrected chi connectivity index (χ4v) is 3.19. The van der Waals surface area contributed by atoms with E-state index in [0.717, 1.165) is 18.4 Å². The van der Waals surface area contributed by atoms with E-state index in [0.29, 0.717) is 24.5 Å². The Hall–Kier alpha value is -3.09. The van der Waals surface area contributed by atoms with E-state index in [9.17, 15) is 9.18 Å². The van der Waals surface area contributed by atoms with Crippen molar-refractivity contribution in [3.05, 3.63) is 66.0 Å². The van der Waals surface area contributed by atoms with E-state index in [2.05, 4.69) is 15.4 Å².